The minimum absolute atomic E-state index is 0.00297. The van der Waals surface area contributed by atoms with Gasteiger partial charge in [0, 0.05) is 62.4 Å². The summed E-state index contributed by atoms with van der Waals surface area (Å²) in [4.78, 5) is 45.8. The summed E-state index contributed by atoms with van der Waals surface area (Å²) in [5, 5.41) is 10.5. The highest BCUT2D eigenvalue weighted by atomic mass is 28.3. The number of hydrogen-bond acceptors (Lipinski definition) is 12. The summed E-state index contributed by atoms with van der Waals surface area (Å²) in [7, 11) is -0.817. The van der Waals surface area contributed by atoms with Gasteiger partial charge < -0.3 is 38.6 Å². The number of aromatic nitrogens is 3. The molecular formula is C56H74F2N6O8Si. The van der Waals surface area contributed by atoms with Crippen LogP contribution >= 0.6 is 0 Å². The zero-order valence-electron chi connectivity index (χ0n) is 44.4. The molecule has 1 spiro atoms. The number of likely N-dealkylation sites (tertiary alicyclic amines) is 1. The van der Waals surface area contributed by atoms with Gasteiger partial charge in [-0.15, -0.1) is 5.54 Å². The number of carbonyl (C=O) groups excluding carboxylic acids is 1. The first-order valence-corrected chi connectivity index (χ1v) is 28.6. The van der Waals surface area contributed by atoms with Gasteiger partial charge in [-0.05, 0) is 118 Å². The van der Waals surface area contributed by atoms with E-state index in [0.717, 1.165) is 71.0 Å². The fraction of sp³-hybridized carbons (Fsp3) is 0.625. The van der Waals surface area contributed by atoms with E-state index in [2.05, 4.69) is 62.8 Å². The number of ether oxygens (including phenoxy) is 5. The molecule has 14 nitrogen and oxygen atoms in total. The predicted molar refractivity (Wildman–Crippen MR) is 280 cm³/mol. The van der Waals surface area contributed by atoms with Crippen molar-refractivity contribution < 1.29 is 47.2 Å². The Morgan fingerprint density at radius 3 is 2.19 bits per heavy atom. The number of pyridine rings is 1. The fourth-order valence-electron chi connectivity index (χ4n) is 12.8. The highest BCUT2D eigenvalue weighted by molar-refractivity contribution is 6.90. The van der Waals surface area contributed by atoms with Crippen LogP contribution in [0.2, 0.25) is 16.6 Å². The quantitative estimate of drug-likeness (QED) is 0.0645. The first-order valence-electron chi connectivity index (χ1n) is 26.4. The van der Waals surface area contributed by atoms with Gasteiger partial charge in [0.25, 0.3) is 0 Å². The molecule has 2 aromatic carbocycles. The molecule has 9 rings (SSSR count). The maximum atomic E-state index is 18.1. The second-order valence-electron chi connectivity index (χ2n) is 23.7. The maximum absolute atomic E-state index is 18.1. The number of amides is 1. The van der Waals surface area contributed by atoms with Crippen molar-refractivity contribution in [2.45, 2.75) is 154 Å². The van der Waals surface area contributed by atoms with Crippen LogP contribution in [-0.2, 0) is 19.0 Å². The van der Waals surface area contributed by atoms with Crippen LogP contribution in [0.5, 0.6) is 11.8 Å². The summed E-state index contributed by atoms with van der Waals surface area (Å²) in [6, 6.07) is 6.26. The standard InChI is InChI=1S/C56H74F2N6O8Si/c1-34(2)73(35(3)4,36(5)6)22-17-42-45(57)14-11-37-23-41(71-33-68-10)24-43(47(37)42)49-48(58)50-44(25-59-49)51(63-26-38-12-13-39(27-63)64(38)53(67)72-54(7,8)9)61-52(60-50)70-32-56(20-21-56)31-62-29-55(30-62)18-15-40(16-19-55)69-28-46(65)66/h11,14,23-25,34-36,38-40H,12-13,15-16,18-21,26-33H2,1-10H3,(H,65,66). The molecule has 2 unspecified atom stereocenters. The van der Waals surface area contributed by atoms with Gasteiger partial charge in [-0.1, -0.05) is 53.5 Å². The van der Waals surface area contributed by atoms with Crippen molar-refractivity contribution in [2.24, 2.45) is 10.8 Å². The molecule has 2 aromatic heterocycles. The van der Waals surface area contributed by atoms with Gasteiger partial charge in [-0.2, -0.15) is 9.97 Å². The first-order chi connectivity index (χ1) is 34.6. The molecule has 17 heteroatoms. The lowest BCUT2D eigenvalue weighted by Crippen LogP contribution is -2.59. The lowest BCUT2D eigenvalue weighted by atomic mass is 9.67. The Morgan fingerprint density at radius 2 is 1.59 bits per heavy atom. The van der Waals surface area contributed by atoms with Crippen LogP contribution in [0, 0.1) is 33.9 Å². The van der Waals surface area contributed by atoms with Crippen molar-refractivity contribution in [1.82, 2.24) is 24.8 Å². The molecule has 4 aromatic rings. The third-order valence-corrected chi connectivity index (χ3v) is 22.8. The smallest absolute Gasteiger partial charge is 0.410 e. The number of hydrogen-bond donors (Lipinski definition) is 1. The van der Waals surface area contributed by atoms with Crippen LogP contribution in [0.3, 0.4) is 0 Å². The van der Waals surface area contributed by atoms with Gasteiger partial charge in [0.1, 0.15) is 48.9 Å². The predicted octanol–water partition coefficient (Wildman–Crippen LogP) is 10.8. The summed E-state index contributed by atoms with van der Waals surface area (Å²) < 4.78 is 63.9. The molecule has 2 aliphatic carbocycles. The minimum Gasteiger partial charge on any atom is -0.480 e. The van der Waals surface area contributed by atoms with Crippen molar-refractivity contribution in [1.29, 1.82) is 0 Å². The number of rotatable bonds is 16. The minimum atomic E-state index is -2.34. The maximum Gasteiger partial charge on any atom is 0.410 e. The molecule has 3 saturated heterocycles. The summed E-state index contributed by atoms with van der Waals surface area (Å²) in [5.74, 6) is 2.04. The molecule has 2 bridgehead atoms. The Bertz CT molecular complexity index is 2750. The number of fused-ring (bicyclic) bond motifs is 4. The summed E-state index contributed by atoms with van der Waals surface area (Å²) in [5.41, 5.74) is 4.51. The van der Waals surface area contributed by atoms with Crippen molar-refractivity contribution >= 4 is 47.6 Å². The second-order valence-corrected chi connectivity index (χ2v) is 29.3. The molecule has 5 fully saturated rings. The molecule has 5 heterocycles. The van der Waals surface area contributed by atoms with E-state index in [1.807, 2.05) is 25.7 Å². The topological polar surface area (TPSA) is 149 Å². The monoisotopic (exact) mass is 1020 g/mol. The van der Waals surface area contributed by atoms with E-state index in [0.29, 0.717) is 69.6 Å². The van der Waals surface area contributed by atoms with E-state index in [4.69, 9.17) is 43.7 Å². The number of benzene rings is 2. The second kappa shape index (κ2) is 20.5. The highest BCUT2D eigenvalue weighted by Crippen LogP contribution is 2.52. The van der Waals surface area contributed by atoms with E-state index in [1.165, 1.54) is 13.2 Å². The lowest BCUT2D eigenvalue weighted by Gasteiger charge is -2.54. The highest BCUT2D eigenvalue weighted by Gasteiger charge is 2.52. The molecule has 3 aliphatic heterocycles. The number of piperazine rings is 1. The molecule has 2 saturated carbocycles. The Morgan fingerprint density at radius 1 is 0.918 bits per heavy atom. The molecule has 1 N–H and O–H groups in total. The largest absolute Gasteiger partial charge is 0.480 e. The Balaban J connectivity index is 1.08. The van der Waals surface area contributed by atoms with Gasteiger partial charge in [0.2, 0.25) is 0 Å². The van der Waals surface area contributed by atoms with Crippen LogP contribution in [0.15, 0.2) is 30.5 Å². The lowest BCUT2D eigenvalue weighted by molar-refractivity contribution is -0.146. The molecule has 394 valence electrons. The summed E-state index contributed by atoms with van der Waals surface area (Å²) in [6.45, 7) is 22.6. The van der Waals surface area contributed by atoms with Crippen molar-refractivity contribution in [3.63, 3.8) is 0 Å². The van der Waals surface area contributed by atoms with Crippen molar-refractivity contribution in [2.75, 3.05) is 64.7 Å². The van der Waals surface area contributed by atoms with Gasteiger partial charge >= 0.3 is 18.1 Å². The van der Waals surface area contributed by atoms with E-state index in [9.17, 15) is 9.59 Å². The van der Waals surface area contributed by atoms with Crippen LogP contribution in [0.4, 0.5) is 19.4 Å². The Kier molecular flexibility index (Phi) is 14.8. The molecular weight excluding hydrogens is 951 g/mol. The van der Waals surface area contributed by atoms with Gasteiger partial charge in [0.15, 0.2) is 12.6 Å². The molecule has 1 amide bonds. The third-order valence-electron chi connectivity index (χ3n) is 16.5. The zero-order chi connectivity index (χ0) is 52.2. The zero-order valence-corrected chi connectivity index (χ0v) is 45.4. The average molecular weight is 1030 g/mol. The number of aliphatic carboxylic acids is 1. The summed E-state index contributed by atoms with van der Waals surface area (Å²) >= 11 is 0. The van der Waals surface area contributed by atoms with Crippen LogP contribution < -0.4 is 14.4 Å². The average Bonchev–Trinajstić information content (AvgIpc) is 4.03. The molecule has 0 radical (unpaired) electrons. The van der Waals surface area contributed by atoms with Gasteiger partial charge in [-0.3, -0.25) is 9.88 Å². The Hall–Kier alpha value is -5.15. The van der Waals surface area contributed by atoms with Gasteiger partial charge in [-0.25, -0.2) is 18.4 Å². The number of methoxy groups -OCH3 is 1. The normalized spacial score (nSPS) is 20.8. The number of carbonyl (C=O) groups is 2. The third kappa shape index (κ3) is 10.7. The van der Waals surface area contributed by atoms with E-state index in [-0.39, 0.29) is 71.3 Å². The van der Waals surface area contributed by atoms with E-state index < -0.39 is 31.3 Å². The van der Waals surface area contributed by atoms with Gasteiger partial charge in [0.05, 0.1) is 35.7 Å². The molecule has 2 atom stereocenters. The number of halogens is 2. The number of carboxylic acids is 1. The fourth-order valence-corrected chi connectivity index (χ4v) is 18.1. The van der Waals surface area contributed by atoms with E-state index >= 15 is 8.78 Å². The number of anilines is 1. The molecule has 5 aliphatic rings. The van der Waals surface area contributed by atoms with Crippen LogP contribution in [0.25, 0.3) is 32.9 Å². The van der Waals surface area contributed by atoms with E-state index in [1.54, 1.807) is 24.4 Å². The number of carboxylic acid groups (broad SMARTS) is 1. The first kappa shape index (κ1) is 52.7. The molecule has 73 heavy (non-hydrogen) atoms. The number of nitrogens with zero attached hydrogens (tertiary/aromatic N) is 6. The van der Waals surface area contributed by atoms with Crippen LogP contribution in [-0.4, -0.2) is 134 Å². The SMILES string of the molecule is COCOc1cc(-c2ncc3c(N4CC5CCC(C4)N5C(=O)OC(C)(C)C)nc(OCC4(CN5CC6(CCC(OCC(=O)O)CC6)C5)CC4)nc3c2F)c2c(C#C[Si](C(C)C)(C(C)C)C(C)C)c(F)ccc2c1. The van der Waals surface area contributed by atoms with Crippen LogP contribution in [0.1, 0.15) is 119 Å². The van der Waals surface area contributed by atoms with Crippen molar-refractivity contribution in [3.8, 4) is 34.5 Å². The summed E-state index contributed by atoms with van der Waals surface area (Å²) in [6.07, 6.45) is 8.55. The Labute approximate surface area is 429 Å². The van der Waals surface area contributed by atoms with Crippen molar-refractivity contribution in [3.05, 3.63) is 47.7 Å².